The van der Waals surface area contributed by atoms with E-state index in [0.29, 0.717) is 17.0 Å². The third-order valence-corrected chi connectivity index (χ3v) is 4.82. The number of rotatable bonds is 4. The van der Waals surface area contributed by atoms with E-state index in [1.54, 1.807) is 31.3 Å². The topological polar surface area (TPSA) is 81.1 Å². The molecule has 1 aliphatic rings. The van der Waals surface area contributed by atoms with Gasteiger partial charge in [0.05, 0.1) is 30.3 Å². The van der Waals surface area contributed by atoms with Crippen molar-refractivity contribution in [3.63, 3.8) is 0 Å². The van der Waals surface area contributed by atoms with Gasteiger partial charge in [-0.05, 0) is 42.8 Å². The Morgan fingerprint density at radius 2 is 2.06 bits per heavy atom. The number of dihydropyridines is 1. The monoisotopic (exact) mass is 429 g/mol. The van der Waals surface area contributed by atoms with Gasteiger partial charge in [-0.15, -0.1) is 0 Å². The predicted molar refractivity (Wildman–Crippen MR) is 108 cm³/mol. The Bertz CT molecular complexity index is 1230. The number of pyridine rings is 1. The van der Waals surface area contributed by atoms with Gasteiger partial charge in [-0.2, -0.15) is 13.2 Å². The van der Waals surface area contributed by atoms with Gasteiger partial charge >= 0.3 is 6.18 Å². The van der Waals surface area contributed by atoms with Gasteiger partial charge in [0, 0.05) is 24.2 Å². The molecule has 31 heavy (non-hydrogen) atoms. The van der Waals surface area contributed by atoms with Crippen LogP contribution in [-0.4, -0.2) is 34.1 Å². The number of aryl methyl sites for hydroxylation is 1. The molecule has 1 aromatic carbocycles. The number of nitrogens with one attached hydrogen (secondary N) is 2. The molecule has 2 aromatic heterocycles. The maximum absolute atomic E-state index is 13.7. The van der Waals surface area contributed by atoms with Crippen LogP contribution in [0.5, 0.6) is 5.75 Å². The number of aromatic nitrogens is 3. The van der Waals surface area contributed by atoms with Crippen molar-refractivity contribution in [2.24, 2.45) is 0 Å². The molecular formula is C21H18F3N5O2. The average Bonchev–Trinajstić information content (AvgIpc) is 3.14. The number of hydrogen-bond acceptors (Lipinski definition) is 5. The van der Waals surface area contributed by atoms with Gasteiger partial charge in [0.15, 0.2) is 0 Å². The fourth-order valence-electron chi connectivity index (χ4n) is 3.26. The predicted octanol–water partition coefficient (Wildman–Crippen LogP) is 3.48. The Balaban J connectivity index is 1.68. The minimum atomic E-state index is -4.66. The van der Waals surface area contributed by atoms with Gasteiger partial charge in [-0.1, -0.05) is 0 Å². The zero-order chi connectivity index (χ0) is 22.2. The van der Waals surface area contributed by atoms with Crippen LogP contribution in [0.3, 0.4) is 0 Å². The van der Waals surface area contributed by atoms with Crippen molar-refractivity contribution in [3.05, 3.63) is 71.5 Å². The number of nitrogens with zero attached hydrogens (tertiary/aromatic N) is 3. The highest BCUT2D eigenvalue weighted by Crippen LogP contribution is 2.34. The van der Waals surface area contributed by atoms with Gasteiger partial charge in [0.1, 0.15) is 11.6 Å². The van der Waals surface area contributed by atoms with Crippen molar-refractivity contribution < 1.29 is 22.7 Å². The van der Waals surface area contributed by atoms with Crippen LogP contribution in [0.15, 0.2) is 54.5 Å². The first-order valence-corrected chi connectivity index (χ1v) is 9.28. The highest BCUT2D eigenvalue weighted by molar-refractivity contribution is 5.96. The fourth-order valence-corrected chi connectivity index (χ4v) is 3.26. The molecule has 0 spiro atoms. The molecule has 7 nitrogen and oxygen atoms in total. The molecule has 0 saturated carbocycles. The van der Waals surface area contributed by atoms with E-state index in [0.717, 1.165) is 10.1 Å². The number of amides is 1. The molecule has 2 N–H and O–H groups in total. The van der Waals surface area contributed by atoms with Gasteiger partial charge < -0.3 is 15.4 Å². The standard InChI is InChI=1S/C21H18F3N5O2/c1-12-7-8-25-11-15(12)19(30)27-13-3-6-18(26-10-13)29-17-5-4-14(31-2)9-16(17)28-20(29)21(22,23)24/h3-9,11,26H,10H2,1-2H3,(H,27,30). The molecule has 3 heterocycles. The van der Waals surface area contributed by atoms with Crippen molar-refractivity contribution in [1.29, 1.82) is 0 Å². The van der Waals surface area contributed by atoms with Crippen molar-refractivity contribution in [2.75, 3.05) is 13.7 Å². The minimum Gasteiger partial charge on any atom is -0.497 e. The van der Waals surface area contributed by atoms with Gasteiger partial charge in [0.25, 0.3) is 5.91 Å². The molecular weight excluding hydrogens is 411 g/mol. The maximum atomic E-state index is 13.7. The first kappa shape index (κ1) is 20.5. The summed E-state index contributed by atoms with van der Waals surface area (Å²) < 4.78 is 47.0. The van der Waals surface area contributed by atoms with Crippen molar-refractivity contribution in [2.45, 2.75) is 13.1 Å². The summed E-state index contributed by atoms with van der Waals surface area (Å²) in [7, 11) is 1.43. The SMILES string of the molecule is COc1ccc2c(c1)nc(C(F)(F)F)n2C1=CC=C(NC(=O)c2cnccc2C)CN1. The molecule has 0 atom stereocenters. The van der Waals surface area contributed by atoms with Crippen LogP contribution in [0.4, 0.5) is 13.2 Å². The quantitative estimate of drug-likeness (QED) is 0.664. The first-order valence-electron chi connectivity index (χ1n) is 9.28. The maximum Gasteiger partial charge on any atom is 0.450 e. The van der Waals surface area contributed by atoms with E-state index >= 15 is 0 Å². The fraction of sp³-hybridized carbons (Fsp3) is 0.190. The zero-order valence-corrected chi connectivity index (χ0v) is 16.6. The van der Waals surface area contributed by atoms with Crippen molar-refractivity contribution >= 4 is 22.8 Å². The molecule has 1 amide bonds. The van der Waals surface area contributed by atoms with Crippen LogP contribution in [0.1, 0.15) is 21.7 Å². The Morgan fingerprint density at radius 3 is 2.71 bits per heavy atom. The van der Waals surface area contributed by atoms with Crippen LogP contribution in [0, 0.1) is 6.92 Å². The summed E-state index contributed by atoms with van der Waals surface area (Å²) in [6, 6.07) is 6.26. The molecule has 0 saturated heterocycles. The van der Waals surface area contributed by atoms with E-state index in [1.165, 1.54) is 31.5 Å². The van der Waals surface area contributed by atoms with E-state index < -0.39 is 12.0 Å². The van der Waals surface area contributed by atoms with E-state index in [-0.39, 0.29) is 29.3 Å². The van der Waals surface area contributed by atoms with E-state index in [4.69, 9.17) is 4.74 Å². The summed E-state index contributed by atoms with van der Waals surface area (Å²) in [5, 5.41) is 5.68. The number of methoxy groups -OCH3 is 1. The lowest BCUT2D eigenvalue weighted by molar-refractivity contribution is -0.145. The van der Waals surface area contributed by atoms with Gasteiger partial charge in [0.2, 0.25) is 5.82 Å². The van der Waals surface area contributed by atoms with Crippen LogP contribution < -0.4 is 15.4 Å². The molecule has 3 aromatic rings. The van der Waals surface area contributed by atoms with Crippen LogP contribution >= 0.6 is 0 Å². The Kier molecular flexibility index (Phi) is 5.14. The van der Waals surface area contributed by atoms with Crippen LogP contribution in [0.25, 0.3) is 16.9 Å². The number of ether oxygens (including phenoxy) is 1. The molecule has 0 aliphatic carbocycles. The Labute approximate surface area is 175 Å². The second-order valence-corrected chi connectivity index (χ2v) is 6.87. The molecule has 0 bridgehead atoms. The number of imidazole rings is 1. The smallest absolute Gasteiger partial charge is 0.450 e. The third kappa shape index (κ3) is 3.96. The number of allylic oxidation sites excluding steroid dienone is 2. The third-order valence-electron chi connectivity index (χ3n) is 4.82. The molecule has 0 radical (unpaired) electrons. The largest absolute Gasteiger partial charge is 0.497 e. The zero-order valence-electron chi connectivity index (χ0n) is 16.6. The van der Waals surface area contributed by atoms with Crippen molar-refractivity contribution in [1.82, 2.24) is 25.2 Å². The van der Waals surface area contributed by atoms with Crippen LogP contribution in [-0.2, 0) is 6.18 Å². The lowest BCUT2D eigenvalue weighted by Crippen LogP contribution is -2.33. The number of hydrogen-bond donors (Lipinski definition) is 2. The van der Waals surface area contributed by atoms with E-state index in [9.17, 15) is 18.0 Å². The molecule has 4 rings (SSSR count). The molecule has 0 fully saturated rings. The summed E-state index contributed by atoms with van der Waals surface area (Å²) in [6.07, 6.45) is 1.42. The lowest BCUT2D eigenvalue weighted by atomic mass is 10.1. The van der Waals surface area contributed by atoms with Crippen molar-refractivity contribution in [3.8, 4) is 5.75 Å². The second kappa shape index (κ2) is 7.78. The van der Waals surface area contributed by atoms with E-state index in [2.05, 4.69) is 20.6 Å². The molecule has 10 heteroatoms. The normalized spacial score (nSPS) is 14.0. The lowest BCUT2D eigenvalue weighted by Gasteiger charge is -2.21. The number of halogens is 3. The molecule has 1 aliphatic heterocycles. The molecule has 160 valence electrons. The second-order valence-electron chi connectivity index (χ2n) is 6.87. The minimum absolute atomic E-state index is 0.129. The number of carbonyl (C=O) groups excluding carboxylic acids is 1. The summed E-state index contributed by atoms with van der Waals surface area (Å²) in [5.74, 6) is -0.796. The summed E-state index contributed by atoms with van der Waals surface area (Å²) in [6.45, 7) is 1.92. The summed E-state index contributed by atoms with van der Waals surface area (Å²) in [4.78, 5) is 20.2. The van der Waals surface area contributed by atoms with Gasteiger partial charge in [-0.25, -0.2) is 4.98 Å². The Hall–Kier alpha value is -3.82. The summed E-state index contributed by atoms with van der Waals surface area (Å²) in [5.41, 5.74) is 2.13. The first-order chi connectivity index (χ1) is 14.8. The number of alkyl halides is 3. The van der Waals surface area contributed by atoms with Crippen LogP contribution in [0.2, 0.25) is 0 Å². The van der Waals surface area contributed by atoms with Gasteiger partial charge in [-0.3, -0.25) is 14.3 Å². The van der Waals surface area contributed by atoms with E-state index in [1.807, 2.05) is 0 Å². The number of fused-ring (bicyclic) bond motifs is 1. The number of benzene rings is 1. The average molecular weight is 429 g/mol. The summed E-state index contributed by atoms with van der Waals surface area (Å²) >= 11 is 0. The highest BCUT2D eigenvalue weighted by Gasteiger charge is 2.38. The highest BCUT2D eigenvalue weighted by atomic mass is 19.4. The Morgan fingerprint density at radius 1 is 1.26 bits per heavy atom. The number of carbonyl (C=O) groups is 1. The molecule has 0 unspecified atom stereocenters.